The predicted octanol–water partition coefficient (Wildman–Crippen LogP) is 3.29. The van der Waals surface area contributed by atoms with Gasteiger partial charge in [0.15, 0.2) is 5.76 Å². The van der Waals surface area contributed by atoms with Crippen LogP contribution in [0.5, 0.6) is 0 Å². The molecule has 7 heteroatoms. The summed E-state index contributed by atoms with van der Waals surface area (Å²) in [7, 11) is 0. The van der Waals surface area contributed by atoms with Crippen LogP contribution in [-0.2, 0) is 17.7 Å². The molecule has 3 unspecified atom stereocenters. The van der Waals surface area contributed by atoms with Crippen LogP contribution >= 0.6 is 0 Å². The average molecular weight is 421 g/mol. The summed E-state index contributed by atoms with van der Waals surface area (Å²) in [4.78, 5) is 12.1. The number of amides is 2. The Kier molecular flexibility index (Phi) is 6.96. The Hall–Kier alpha value is -3.16. The summed E-state index contributed by atoms with van der Waals surface area (Å²) in [6, 6.07) is 21.1. The molecule has 3 N–H and O–H groups in total. The summed E-state index contributed by atoms with van der Waals surface area (Å²) in [6.07, 6.45) is 0.790. The van der Waals surface area contributed by atoms with Crippen LogP contribution in [0.25, 0.3) is 11.3 Å². The normalized spacial score (nSPS) is 20.9. The van der Waals surface area contributed by atoms with Crippen molar-refractivity contribution in [2.75, 3.05) is 6.54 Å². The highest BCUT2D eigenvalue weighted by Gasteiger charge is 2.30. The third kappa shape index (κ3) is 5.93. The summed E-state index contributed by atoms with van der Waals surface area (Å²) < 4.78 is 11.5. The number of ether oxygens (including phenoxy) is 1. The Morgan fingerprint density at radius 3 is 2.55 bits per heavy atom. The maximum atomic E-state index is 12.1. The first-order valence-corrected chi connectivity index (χ1v) is 10.6. The van der Waals surface area contributed by atoms with Gasteiger partial charge in [-0.15, -0.1) is 0 Å². The highest BCUT2D eigenvalue weighted by Crippen LogP contribution is 2.25. The maximum absolute atomic E-state index is 12.1. The van der Waals surface area contributed by atoms with E-state index in [2.05, 4.69) is 15.8 Å². The first-order valence-electron chi connectivity index (χ1n) is 10.6. The molecule has 1 aromatic heterocycles. The first-order chi connectivity index (χ1) is 15.2. The van der Waals surface area contributed by atoms with E-state index >= 15 is 0 Å². The van der Waals surface area contributed by atoms with Crippen LogP contribution in [0.3, 0.4) is 0 Å². The van der Waals surface area contributed by atoms with E-state index in [1.165, 1.54) is 0 Å². The van der Waals surface area contributed by atoms with E-state index in [1.54, 1.807) is 0 Å². The van der Waals surface area contributed by atoms with E-state index in [4.69, 9.17) is 9.26 Å². The molecule has 2 aromatic carbocycles. The van der Waals surface area contributed by atoms with Crippen LogP contribution in [0.4, 0.5) is 4.79 Å². The second-order valence-corrected chi connectivity index (χ2v) is 7.74. The minimum absolute atomic E-state index is 0.0868. The molecule has 31 heavy (non-hydrogen) atoms. The lowest BCUT2D eigenvalue weighted by molar-refractivity contribution is -0.113. The van der Waals surface area contributed by atoms with Crippen molar-refractivity contribution in [3.63, 3.8) is 0 Å². The number of hydrogen-bond acceptors (Lipinski definition) is 5. The number of nitrogens with one attached hydrogen (secondary N) is 2. The standard InChI is InChI=1S/C24H27N3O4/c28-21-12-11-20(13-19-14-22(31-27-19)18-9-5-2-6-10-18)30-23(21)16-26-24(29)25-15-17-7-3-1-4-8-17/h1-10,14,20-21,23,28H,11-13,15-16H2,(H2,25,26,29). The fraction of sp³-hybridized carbons (Fsp3) is 0.333. The monoisotopic (exact) mass is 421 g/mol. The van der Waals surface area contributed by atoms with Gasteiger partial charge in [0.2, 0.25) is 0 Å². The van der Waals surface area contributed by atoms with Gasteiger partial charge in [-0.05, 0) is 18.4 Å². The van der Waals surface area contributed by atoms with Gasteiger partial charge in [-0.1, -0.05) is 65.8 Å². The zero-order valence-electron chi connectivity index (χ0n) is 17.2. The summed E-state index contributed by atoms with van der Waals surface area (Å²) in [5.41, 5.74) is 2.81. The van der Waals surface area contributed by atoms with Crippen LogP contribution in [0.15, 0.2) is 71.3 Å². The number of aromatic nitrogens is 1. The molecular formula is C24H27N3O4. The van der Waals surface area contributed by atoms with Crippen molar-refractivity contribution in [1.82, 2.24) is 15.8 Å². The maximum Gasteiger partial charge on any atom is 0.315 e. The van der Waals surface area contributed by atoms with Crippen molar-refractivity contribution >= 4 is 6.03 Å². The third-order valence-electron chi connectivity index (χ3n) is 5.39. The zero-order chi connectivity index (χ0) is 21.5. The van der Waals surface area contributed by atoms with Crippen LogP contribution < -0.4 is 10.6 Å². The van der Waals surface area contributed by atoms with Crippen molar-refractivity contribution in [2.24, 2.45) is 0 Å². The SMILES string of the molecule is O=C(NCc1ccccc1)NCC1OC(Cc2cc(-c3ccccc3)on2)CCC1O. The van der Waals surface area contributed by atoms with Crippen LogP contribution in [0.1, 0.15) is 24.1 Å². The quantitative estimate of drug-likeness (QED) is 0.544. The van der Waals surface area contributed by atoms with E-state index in [9.17, 15) is 9.90 Å². The summed E-state index contributed by atoms with van der Waals surface area (Å²) in [5, 5.41) is 20.1. The van der Waals surface area contributed by atoms with Gasteiger partial charge in [0.05, 0.1) is 17.9 Å². The minimum atomic E-state index is -0.608. The number of urea groups is 1. The fourth-order valence-corrected chi connectivity index (χ4v) is 3.70. The van der Waals surface area contributed by atoms with Gasteiger partial charge in [-0.2, -0.15) is 0 Å². The van der Waals surface area contributed by atoms with Gasteiger partial charge in [0.1, 0.15) is 6.10 Å². The van der Waals surface area contributed by atoms with E-state index in [0.29, 0.717) is 19.4 Å². The van der Waals surface area contributed by atoms with Crippen LogP contribution in [0, 0.1) is 0 Å². The molecule has 1 fully saturated rings. The van der Waals surface area contributed by atoms with Crippen molar-refractivity contribution in [3.05, 3.63) is 78.0 Å². The van der Waals surface area contributed by atoms with Gasteiger partial charge in [-0.3, -0.25) is 0 Å². The number of carbonyl (C=O) groups is 1. The second-order valence-electron chi connectivity index (χ2n) is 7.74. The number of benzene rings is 2. The Balaban J connectivity index is 1.25. The minimum Gasteiger partial charge on any atom is -0.390 e. The molecule has 0 bridgehead atoms. The van der Waals surface area contributed by atoms with Gasteiger partial charge >= 0.3 is 6.03 Å². The first kappa shape index (κ1) is 21.1. The van der Waals surface area contributed by atoms with E-state index in [-0.39, 0.29) is 18.7 Å². The largest absolute Gasteiger partial charge is 0.390 e. The van der Waals surface area contributed by atoms with E-state index in [1.807, 2.05) is 66.7 Å². The molecule has 2 heterocycles. The molecule has 1 aliphatic rings. The number of aliphatic hydroxyl groups is 1. The molecule has 3 atom stereocenters. The van der Waals surface area contributed by atoms with Crippen molar-refractivity contribution in [1.29, 1.82) is 0 Å². The summed E-state index contributed by atoms with van der Waals surface area (Å²) >= 11 is 0. The third-order valence-corrected chi connectivity index (χ3v) is 5.39. The van der Waals surface area contributed by atoms with E-state index < -0.39 is 12.2 Å². The molecule has 4 rings (SSSR count). The van der Waals surface area contributed by atoms with Crippen molar-refractivity contribution in [2.45, 2.75) is 44.1 Å². The second kappa shape index (κ2) is 10.2. The average Bonchev–Trinajstić information content (AvgIpc) is 3.28. The van der Waals surface area contributed by atoms with Gasteiger partial charge in [0.25, 0.3) is 0 Å². The number of aliphatic hydroxyl groups excluding tert-OH is 1. The van der Waals surface area contributed by atoms with Crippen LogP contribution in [-0.4, -0.2) is 41.2 Å². The lowest BCUT2D eigenvalue weighted by Crippen LogP contribution is -2.48. The van der Waals surface area contributed by atoms with E-state index in [0.717, 1.165) is 29.0 Å². The van der Waals surface area contributed by atoms with Crippen LogP contribution in [0.2, 0.25) is 0 Å². The molecule has 0 aliphatic carbocycles. The van der Waals surface area contributed by atoms with Crippen molar-refractivity contribution < 1.29 is 19.2 Å². The Bertz CT molecular complexity index is 961. The summed E-state index contributed by atoms with van der Waals surface area (Å²) in [5.74, 6) is 0.722. The molecule has 0 radical (unpaired) electrons. The molecule has 3 aromatic rings. The predicted molar refractivity (Wildman–Crippen MR) is 116 cm³/mol. The molecule has 0 saturated carbocycles. The number of nitrogens with zero attached hydrogens (tertiary/aromatic N) is 1. The zero-order valence-corrected chi connectivity index (χ0v) is 17.2. The molecule has 2 amide bonds. The lowest BCUT2D eigenvalue weighted by atomic mass is 9.98. The molecule has 1 aliphatic heterocycles. The molecule has 0 spiro atoms. The Morgan fingerprint density at radius 2 is 1.77 bits per heavy atom. The molecule has 1 saturated heterocycles. The number of carbonyl (C=O) groups excluding carboxylic acids is 1. The summed E-state index contributed by atoms with van der Waals surface area (Å²) in [6.45, 7) is 0.686. The smallest absolute Gasteiger partial charge is 0.315 e. The van der Waals surface area contributed by atoms with Crippen molar-refractivity contribution in [3.8, 4) is 11.3 Å². The fourth-order valence-electron chi connectivity index (χ4n) is 3.70. The van der Waals surface area contributed by atoms with Gasteiger partial charge < -0.3 is 25.0 Å². The topological polar surface area (TPSA) is 96.6 Å². The lowest BCUT2D eigenvalue weighted by Gasteiger charge is -2.33. The molecular weight excluding hydrogens is 394 g/mol. The highest BCUT2D eigenvalue weighted by atomic mass is 16.5. The molecule has 7 nitrogen and oxygen atoms in total. The highest BCUT2D eigenvalue weighted by molar-refractivity contribution is 5.73. The van der Waals surface area contributed by atoms with Gasteiger partial charge in [-0.25, -0.2) is 4.79 Å². The molecule has 162 valence electrons. The number of hydrogen-bond donors (Lipinski definition) is 3. The number of rotatable bonds is 7. The van der Waals surface area contributed by atoms with Gasteiger partial charge in [0, 0.05) is 31.1 Å². The Labute approximate surface area is 181 Å². The Morgan fingerprint density at radius 1 is 1.03 bits per heavy atom.